The van der Waals surface area contributed by atoms with Crippen LogP contribution in [0.4, 0.5) is 5.82 Å². The van der Waals surface area contributed by atoms with E-state index in [1.165, 1.54) is 17.3 Å². The first-order valence-corrected chi connectivity index (χ1v) is 10.5. The molecule has 0 N–H and O–H groups in total. The molecule has 1 amide bonds. The SMILES string of the molecule is Cc1cc(N2CCN(C(=O)c3cccc(Cn4cncn4)c3)CC2)nc2ccccc12. The molecule has 156 valence electrons. The molecule has 0 saturated carbocycles. The lowest BCUT2D eigenvalue weighted by atomic mass is 10.1. The third kappa shape index (κ3) is 3.99. The smallest absolute Gasteiger partial charge is 0.253 e. The molecule has 0 radical (unpaired) electrons. The Morgan fingerprint density at radius 3 is 2.65 bits per heavy atom. The number of benzene rings is 2. The van der Waals surface area contributed by atoms with Gasteiger partial charge in [0.1, 0.15) is 18.5 Å². The normalized spacial score (nSPS) is 14.2. The Morgan fingerprint density at radius 2 is 1.84 bits per heavy atom. The molecule has 2 aromatic heterocycles. The maximum absolute atomic E-state index is 13.1. The van der Waals surface area contributed by atoms with Crippen LogP contribution in [0, 0.1) is 6.92 Å². The first-order valence-electron chi connectivity index (χ1n) is 10.5. The second-order valence-corrected chi connectivity index (χ2v) is 7.89. The summed E-state index contributed by atoms with van der Waals surface area (Å²) in [5.41, 5.74) is 3.99. The number of aryl methyl sites for hydroxylation is 1. The van der Waals surface area contributed by atoms with E-state index in [4.69, 9.17) is 4.98 Å². The van der Waals surface area contributed by atoms with Crippen molar-refractivity contribution in [1.29, 1.82) is 0 Å². The zero-order valence-electron chi connectivity index (χ0n) is 17.5. The molecular weight excluding hydrogens is 388 g/mol. The standard InChI is InChI=1S/C24H24N6O/c1-18-13-23(27-22-8-3-2-7-21(18)22)28-9-11-29(12-10-28)24(31)20-6-4-5-19(14-20)15-30-17-25-16-26-30/h2-8,13-14,16-17H,9-12,15H2,1H3. The van der Waals surface area contributed by atoms with E-state index in [0.717, 1.165) is 30.0 Å². The van der Waals surface area contributed by atoms with E-state index in [2.05, 4.69) is 40.1 Å². The van der Waals surface area contributed by atoms with E-state index in [1.807, 2.05) is 41.3 Å². The number of rotatable bonds is 4. The van der Waals surface area contributed by atoms with Gasteiger partial charge < -0.3 is 9.80 Å². The molecule has 2 aromatic carbocycles. The fraction of sp³-hybridized carbons (Fsp3) is 0.250. The average Bonchev–Trinajstić information content (AvgIpc) is 3.32. The predicted molar refractivity (Wildman–Crippen MR) is 120 cm³/mol. The third-order valence-corrected chi connectivity index (χ3v) is 5.79. The first kappa shape index (κ1) is 19.2. The molecule has 3 heterocycles. The molecule has 1 fully saturated rings. The molecule has 0 aliphatic carbocycles. The summed E-state index contributed by atoms with van der Waals surface area (Å²) < 4.78 is 1.75. The van der Waals surface area contributed by atoms with Crippen molar-refractivity contribution in [2.24, 2.45) is 0 Å². The fourth-order valence-corrected chi connectivity index (χ4v) is 4.12. The highest BCUT2D eigenvalue weighted by Crippen LogP contribution is 2.23. The summed E-state index contributed by atoms with van der Waals surface area (Å²) >= 11 is 0. The van der Waals surface area contributed by atoms with E-state index in [0.29, 0.717) is 25.2 Å². The van der Waals surface area contributed by atoms with Gasteiger partial charge in [-0.3, -0.25) is 4.79 Å². The highest BCUT2D eigenvalue weighted by Gasteiger charge is 2.23. The number of fused-ring (bicyclic) bond motifs is 1. The van der Waals surface area contributed by atoms with Crippen LogP contribution in [0.3, 0.4) is 0 Å². The van der Waals surface area contributed by atoms with Crippen LogP contribution in [0.5, 0.6) is 0 Å². The zero-order valence-corrected chi connectivity index (χ0v) is 17.5. The van der Waals surface area contributed by atoms with Gasteiger partial charge in [0, 0.05) is 37.1 Å². The molecule has 7 nitrogen and oxygen atoms in total. The van der Waals surface area contributed by atoms with Crippen LogP contribution in [0.1, 0.15) is 21.5 Å². The molecule has 31 heavy (non-hydrogen) atoms. The number of amides is 1. The molecule has 0 atom stereocenters. The van der Waals surface area contributed by atoms with Crippen molar-refractivity contribution < 1.29 is 4.79 Å². The van der Waals surface area contributed by atoms with Crippen molar-refractivity contribution in [2.45, 2.75) is 13.5 Å². The summed E-state index contributed by atoms with van der Waals surface area (Å²) in [5.74, 6) is 1.06. The van der Waals surface area contributed by atoms with Gasteiger partial charge in [0.15, 0.2) is 0 Å². The minimum absolute atomic E-state index is 0.0720. The number of piperazine rings is 1. The Kier molecular flexibility index (Phi) is 5.08. The molecule has 1 saturated heterocycles. The van der Waals surface area contributed by atoms with Crippen molar-refractivity contribution >= 4 is 22.6 Å². The zero-order chi connectivity index (χ0) is 21.2. The van der Waals surface area contributed by atoms with Crippen molar-refractivity contribution in [2.75, 3.05) is 31.1 Å². The quantitative estimate of drug-likeness (QED) is 0.515. The van der Waals surface area contributed by atoms with Gasteiger partial charge in [0.05, 0.1) is 12.1 Å². The Labute approximate surface area is 181 Å². The van der Waals surface area contributed by atoms with Gasteiger partial charge in [-0.25, -0.2) is 14.6 Å². The Hall–Kier alpha value is -3.74. The lowest BCUT2D eigenvalue weighted by molar-refractivity contribution is 0.0746. The highest BCUT2D eigenvalue weighted by atomic mass is 16.2. The summed E-state index contributed by atoms with van der Waals surface area (Å²) in [5, 5.41) is 5.32. The van der Waals surface area contributed by atoms with Gasteiger partial charge in [0.25, 0.3) is 5.91 Å². The molecular formula is C24H24N6O. The maximum Gasteiger partial charge on any atom is 0.253 e. The first-order chi connectivity index (χ1) is 15.2. The molecule has 1 aliphatic rings. The van der Waals surface area contributed by atoms with Gasteiger partial charge in [-0.15, -0.1) is 0 Å². The van der Waals surface area contributed by atoms with Crippen LogP contribution < -0.4 is 4.90 Å². The maximum atomic E-state index is 13.1. The minimum Gasteiger partial charge on any atom is -0.353 e. The van der Waals surface area contributed by atoms with E-state index in [-0.39, 0.29) is 5.91 Å². The molecule has 1 aliphatic heterocycles. The van der Waals surface area contributed by atoms with E-state index >= 15 is 0 Å². The summed E-state index contributed by atoms with van der Waals surface area (Å²) in [6, 6.07) is 18.1. The lowest BCUT2D eigenvalue weighted by Crippen LogP contribution is -2.49. The van der Waals surface area contributed by atoms with E-state index < -0.39 is 0 Å². The fourth-order valence-electron chi connectivity index (χ4n) is 4.12. The van der Waals surface area contributed by atoms with Gasteiger partial charge in [-0.2, -0.15) is 5.10 Å². The molecule has 4 aromatic rings. The van der Waals surface area contributed by atoms with Crippen molar-refractivity contribution in [3.8, 4) is 0 Å². The van der Waals surface area contributed by atoms with Crippen molar-refractivity contribution in [3.05, 3.63) is 83.9 Å². The number of aromatic nitrogens is 4. The highest BCUT2D eigenvalue weighted by molar-refractivity contribution is 5.94. The molecule has 5 rings (SSSR count). The Bertz CT molecular complexity index is 1210. The Morgan fingerprint density at radius 1 is 1.00 bits per heavy atom. The van der Waals surface area contributed by atoms with Crippen LogP contribution in [0.2, 0.25) is 0 Å². The van der Waals surface area contributed by atoms with Crippen LogP contribution in [-0.4, -0.2) is 56.7 Å². The van der Waals surface area contributed by atoms with Crippen LogP contribution in [-0.2, 0) is 6.54 Å². The number of para-hydroxylation sites is 1. The number of hydrogen-bond donors (Lipinski definition) is 0. The largest absolute Gasteiger partial charge is 0.353 e. The van der Waals surface area contributed by atoms with Crippen molar-refractivity contribution in [3.63, 3.8) is 0 Å². The Balaban J connectivity index is 1.27. The lowest BCUT2D eigenvalue weighted by Gasteiger charge is -2.35. The second-order valence-electron chi connectivity index (χ2n) is 7.89. The minimum atomic E-state index is 0.0720. The molecule has 0 unspecified atom stereocenters. The van der Waals surface area contributed by atoms with E-state index in [9.17, 15) is 4.79 Å². The summed E-state index contributed by atoms with van der Waals surface area (Å²) in [6.45, 7) is 5.63. The van der Waals surface area contributed by atoms with Gasteiger partial charge in [-0.05, 0) is 42.3 Å². The summed E-state index contributed by atoms with van der Waals surface area (Å²) in [6.07, 6.45) is 3.19. The number of nitrogens with zero attached hydrogens (tertiary/aromatic N) is 6. The van der Waals surface area contributed by atoms with Gasteiger partial charge in [0.2, 0.25) is 0 Å². The summed E-state index contributed by atoms with van der Waals surface area (Å²) in [4.78, 5) is 26.1. The second kappa shape index (κ2) is 8.18. The number of anilines is 1. The number of hydrogen-bond acceptors (Lipinski definition) is 5. The van der Waals surface area contributed by atoms with Crippen LogP contribution in [0.25, 0.3) is 10.9 Å². The average molecular weight is 412 g/mol. The van der Waals surface area contributed by atoms with Crippen LogP contribution >= 0.6 is 0 Å². The number of pyridine rings is 1. The predicted octanol–water partition coefficient (Wildman–Crippen LogP) is 3.15. The van der Waals surface area contributed by atoms with Gasteiger partial charge in [-0.1, -0.05) is 30.3 Å². The third-order valence-electron chi connectivity index (χ3n) is 5.79. The van der Waals surface area contributed by atoms with Crippen LogP contribution in [0.15, 0.2) is 67.3 Å². The summed E-state index contributed by atoms with van der Waals surface area (Å²) in [7, 11) is 0. The molecule has 0 spiro atoms. The monoisotopic (exact) mass is 412 g/mol. The van der Waals surface area contributed by atoms with Crippen molar-refractivity contribution in [1.82, 2.24) is 24.6 Å². The van der Waals surface area contributed by atoms with E-state index in [1.54, 1.807) is 11.0 Å². The number of carbonyl (C=O) groups is 1. The topological polar surface area (TPSA) is 67.2 Å². The number of carbonyl (C=O) groups excluding carboxylic acids is 1. The molecule has 7 heteroatoms. The molecule has 0 bridgehead atoms. The van der Waals surface area contributed by atoms with Gasteiger partial charge >= 0.3 is 0 Å².